The van der Waals surface area contributed by atoms with E-state index in [0.29, 0.717) is 10.7 Å². The lowest BCUT2D eigenvalue weighted by molar-refractivity contribution is 1.26. The summed E-state index contributed by atoms with van der Waals surface area (Å²) >= 11 is 5.97. The van der Waals surface area contributed by atoms with Crippen molar-refractivity contribution in [3.63, 3.8) is 0 Å². The van der Waals surface area contributed by atoms with Crippen molar-refractivity contribution < 1.29 is 0 Å². The zero-order valence-corrected chi connectivity index (χ0v) is 7.81. The van der Waals surface area contributed by atoms with Crippen LogP contribution < -0.4 is 5.73 Å². The van der Waals surface area contributed by atoms with Crippen molar-refractivity contribution in [2.24, 2.45) is 0 Å². The molecular formula is C10H12ClN. The molecule has 0 aliphatic carbocycles. The average Bonchev–Trinajstić information content (AvgIpc) is 2.08. The molecule has 0 spiro atoms. The second-order valence-electron chi connectivity index (χ2n) is 2.59. The molecule has 0 heterocycles. The minimum absolute atomic E-state index is 0.652. The maximum Gasteiger partial charge on any atom is 0.0670 e. The highest BCUT2D eigenvalue weighted by Gasteiger charge is 2.00. The highest BCUT2D eigenvalue weighted by molar-refractivity contribution is 6.33. The van der Waals surface area contributed by atoms with Gasteiger partial charge < -0.3 is 5.73 Å². The van der Waals surface area contributed by atoms with Crippen molar-refractivity contribution in [2.45, 2.75) is 13.3 Å². The predicted molar refractivity (Wildman–Crippen MR) is 54.4 cm³/mol. The van der Waals surface area contributed by atoms with Crippen LogP contribution in [0.5, 0.6) is 0 Å². The number of allylic oxidation sites excluding steroid dienone is 2. The van der Waals surface area contributed by atoms with Crippen LogP contribution in [0.1, 0.15) is 12.5 Å². The van der Waals surface area contributed by atoms with E-state index in [9.17, 15) is 0 Å². The zero-order valence-electron chi connectivity index (χ0n) is 7.05. The molecule has 2 N–H and O–H groups in total. The van der Waals surface area contributed by atoms with E-state index in [4.69, 9.17) is 17.3 Å². The third kappa shape index (κ3) is 2.02. The number of nitrogens with two attached hydrogens (primary N) is 1. The van der Waals surface area contributed by atoms with E-state index in [1.165, 1.54) is 0 Å². The summed E-state index contributed by atoms with van der Waals surface area (Å²) in [5.41, 5.74) is 7.37. The van der Waals surface area contributed by atoms with E-state index in [2.05, 4.69) is 6.08 Å². The van der Waals surface area contributed by atoms with E-state index in [-0.39, 0.29) is 0 Å². The van der Waals surface area contributed by atoms with Crippen LogP contribution in [0.2, 0.25) is 5.02 Å². The van der Waals surface area contributed by atoms with Gasteiger partial charge in [-0.1, -0.05) is 35.9 Å². The topological polar surface area (TPSA) is 26.0 Å². The highest BCUT2D eigenvalue weighted by atomic mass is 35.5. The molecule has 0 aliphatic rings. The van der Waals surface area contributed by atoms with Gasteiger partial charge in [0.15, 0.2) is 0 Å². The van der Waals surface area contributed by atoms with Gasteiger partial charge in [0.2, 0.25) is 0 Å². The Balaban J connectivity index is 2.92. The summed E-state index contributed by atoms with van der Waals surface area (Å²) < 4.78 is 0. The molecular weight excluding hydrogens is 170 g/mol. The largest absolute Gasteiger partial charge is 0.398 e. The van der Waals surface area contributed by atoms with Gasteiger partial charge in [-0.2, -0.15) is 0 Å². The first-order valence-corrected chi connectivity index (χ1v) is 4.27. The number of anilines is 1. The minimum atomic E-state index is 0.652. The molecule has 1 rings (SSSR count). The number of hydrogen-bond acceptors (Lipinski definition) is 1. The molecule has 0 saturated carbocycles. The van der Waals surface area contributed by atoms with Gasteiger partial charge in [-0.05, 0) is 25.0 Å². The Labute approximate surface area is 77.8 Å². The van der Waals surface area contributed by atoms with Crippen molar-refractivity contribution >= 4 is 17.3 Å². The van der Waals surface area contributed by atoms with Gasteiger partial charge in [-0.3, -0.25) is 0 Å². The zero-order chi connectivity index (χ0) is 8.97. The van der Waals surface area contributed by atoms with Crippen molar-refractivity contribution in [3.05, 3.63) is 40.9 Å². The molecule has 1 nitrogen and oxygen atoms in total. The molecule has 0 atom stereocenters. The molecule has 0 bridgehead atoms. The molecule has 0 unspecified atom stereocenters. The summed E-state index contributed by atoms with van der Waals surface area (Å²) in [5.74, 6) is 0. The maximum atomic E-state index is 5.97. The van der Waals surface area contributed by atoms with E-state index < -0.39 is 0 Å². The van der Waals surface area contributed by atoms with Gasteiger partial charge in [0.25, 0.3) is 0 Å². The summed E-state index contributed by atoms with van der Waals surface area (Å²) in [5, 5.41) is 0.676. The number of rotatable bonds is 2. The smallest absolute Gasteiger partial charge is 0.0670 e. The lowest BCUT2D eigenvalue weighted by Crippen LogP contribution is -1.90. The Kier molecular flexibility index (Phi) is 3.18. The Morgan fingerprint density at radius 1 is 1.50 bits per heavy atom. The Bertz CT molecular complexity index is 292. The quantitative estimate of drug-likeness (QED) is 0.551. The van der Waals surface area contributed by atoms with Crippen molar-refractivity contribution in [2.75, 3.05) is 5.73 Å². The van der Waals surface area contributed by atoms with Gasteiger partial charge in [0.1, 0.15) is 0 Å². The minimum Gasteiger partial charge on any atom is -0.398 e. The van der Waals surface area contributed by atoms with E-state index >= 15 is 0 Å². The van der Waals surface area contributed by atoms with Gasteiger partial charge in [-0.25, -0.2) is 0 Å². The van der Waals surface area contributed by atoms with Crippen LogP contribution >= 0.6 is 11.6 Å². The molecule has 12 heavy (non-hydrogen) atoms. The normalized spacial score (nSPS) is 10.8. The molecule has 0 aliphatic heterocycles. The molecule has 0 radical (unpaired) electrons. The Morgan fingerprint density at radius 3 is 2.92 bits per heavy atom. The monoisotopic (exact) mass is 181 g/mol. The third-order valence-electron chi connectivity index (χ3n) is 1.68. The fourth-order valence-corrected chi connectivity index (χ4v) is 1.21. The number of hydrogen-bond donors (Lipinski definition) is 1. The van der Waals surface area contributed by atoms with Crippen LogP contribution in [0, 0.1) is 0 Å². The van der Waals surface area contributed by atoms with Crippen LogP contribution in [0.25, 0.3) is 0 Å². The summed E-state index contributed by atoms with van der Waals surface area (Å²) in [4.78, 5) is 0. The molecule has 0 amide bonds. The molecule has 0 aromatic heterocycles. The number of benzene rings is 1. The second kappa shape index (κ2) is 4.17. The van der Waals surface area contributed by atoms with Crippen molar-refractivity contribution in [1.82, 2.24) is 0 Å². The van der Waals surface area contributed by atoms with Gasteiger partial charge in [-0.15, -0.1) is 0 Å². The number of nitrogen functional groups attached to an aromatic ring is 1. The first kappa shape index (κ1) is 9.14. The maximum absolute atomic E-state index is 5.97. The summed E-state index contributed by atoms with van der Waals surface area (Å²) in [6.07, 6.45) is 4.90. The van der Waals surface area contributed by atoms with Crippen LogP contribution in [-0.2, 0) is 6.42 Å². The van der Waals surface area contributed by atoms with E-state index in [1.54, 1.807) is 0 Å². The molecule has 2 heteroatoms. The van der Waals surface area contributed by atoms with E-state index in [1.807, 2.05) is 31.2 Å². The van der Waals surface area contributed by atoms with Crippen LogP contribution in [0.4, 0.5) is 5.69 Å². The van der Waals surface area contributed by atoms with Gasteiger partial charge in [0, 0.05) is 0 Å². The molecule has 1 aromatic rings. The summed E-state index contributed by atoms with van der Waals surface area (Å²) in [6.45, 7) is 1.99. The predicted octanol–water partition coefficient (Wildman–Crippen LogP) is 3.04. The average molecular weight is 182 g/mol. The lowest BCUT2D eigenvalue weighted by Gasteiger charge is -2.02. The number of halogens is 1. The van der Waals surface area contributed by atoms with Crippen molar-refractivity contribution in [1.29, 1.82) is 0 Å². The lowest BCUT2D eigenvalue weighted by atomic mass is 10.1. The fraction of sp³-hybridized carbons (Fsp3) is 0.200. The molecule has 64 valence electrons. The first-order chi connectivity index (χ1) is 5.75. The van der Waals surface area contributed by atoms with Crippen LogP contribution in [0.15, 0.2) is 30.4 Å². The Hall–Kier alpha value is -0.950. The second-order valence-corrected chi connectivity index (χ2v) is 2.97. The molecule has 0 saturated heterocycles. The Morgan fingerprint density at radius 2 is 2.25 bits per heavy atom. The first-order valence-electron chi connectivity index (χ1n) is 3.89. The fourth-order valence-electron chi connectivity index (χ4n) is 1.00. The third-order valence-corrected chi connectivity index (χ3v) is 2.14. The van der Waals surface area contributed by atoms with Gasteiger partial charge in [0.05, 0.1) is 10.7 Å². The van der Waals surface area contributed by atoms with Crippen LogP contribution in [-0.4, -0.2) is 0 Å². The van der Waals surface area contributed by atoms with Crippen molar-refractivity contribution in [3.8, 4) is 0 Å². The molecule has 0 fully saturated rings. The SMILES string of the molecule is CC=CCc1cccc(N)c1Cl. The van der Waals surface area contributed by atoms with E-state index in [0.717, 1.165) is 12.0 Å². The molecule has 1 aromatic carbocycles. The van der Waals surface area contributed by atoms with Crippen LogP contribution in [0.3, 0.4) is 0 Å². The standard InChI is InChI=1S/C10H12ClN/c1-2-3-5-8-6-4-7-9(12)10(8)11/h2-4,6-7H,5,12H2,1H3. The highest BCUT2D eigenvalue weighted by Crippen LogP contribution is 2.23. The summed E-state index contributed by atoms with van der Waals surface area (Å²) in [6, 6.07) is 5.71. The summed E-state index contributed by atoms with van der Waals surface area (Å²) in [7, 11) is 0. The van der Waals surface area contributed by atoms with Gasteiger partial charge >= 0.3 is 0 Å².